The molecule has 0 aromatic heterocycles. The molecule has 1 aliphatic rings. The number of halogens is 1. The fourth-order valence-corrected chi connectivity index (χ4v) is 5.22. The molecule has 28 heavy (non-hydrogen) atoms. The maximum atomic E-state index is 13.0. The van der Waals surface area contributed by atoms with E-state index in [1.165, 1.54) is 18.2 Å². The van der Waals surface area contributed by atoms with E-state index in [0.29, 0.717) is 18.1 Å². The van der Waals surface area contributed by atoms with Crippen LogP contribution in [-0.4, -0.2) is 42.0 Å². The number of carbonyl (C=O) groups excluding carboxylic acids is 2. The third kappa shape index (κ3) is 3.40. The van der Waals surface area contributed by atoms with Gasteiger partial charge in [0.05, 0.1) is 5.56 Å². The molecule has 0 fully saturated rings. The van der Waals surface area contributed by atoms with Crippen LogP contribution in [0, 0.1) is 0 Å². The van der Waals surface area contributed by atoms with Gasteiger partial charge in [-0.15, -0.1) is 0 Å². The van der Waals surface area contributed by atoms with Gasteiger partial charge in [-0.1, -0.05) is 29.8 Å². The molecule has 0 bridgehead atoms. The van der Waals surface area contributed by atoms with Gasteiger partial charge in [-0.2, -0.15) is 0 Å². The first-order chi connectivity index (χ1) is 13.2. The van der Waals surface area contributed by atoms with Crippen molar-refractivity contribution in [3.63, 3.8) is 0 Å². The summed E-state index contributed by atoms with van der Waals surface area (Å²) in [7, 11) is -3.96. The van der Waals surface area contributed by atoms with Crippen molar-refractivity contribution >= 4 is 33.4 Å². The highest BCUT2D eigenvalue weighted by molar-refractivity contribution is 7.90. The van der Waals surface area contributed by atoms with Gasteiger partial charge in [0.25, 0.3) is 21.8 Å². The highest BCUT2D eigenvalue weighted by Gasteiger charge is 2.43. The zero-order valence-electron chi connectivity index (χ0n) is 15.8. The molecule has 0 radical (unpaired) electrons. The average molecular weight is 421 g/mol. The summed E-state index contributed by atoms with van der Waals surface area (Å²) in [5.41, 5.74) is 1.11. The smallest absolute Gasteiger partial charge is 0.269 e. The Hall–Kier alpha value is -2.38. The van der Waals surface area contributed by atoms with Crippen molar-refractivity contribution in [1.82, 2.24) is 9.21 Å². The molecule has 2 amide bonds. The molecule has 0 saturated carbocycles. The number of benzene rings is 2. The number of hydrogen-bond acceptors (Lipinski definition) is 4. The van der Waals surface area contributed by atoms with Crippen LogP contribution in [0.2, 0.25) is 5.02 Å². The van der Waals surface area contributed by atoms with Crippen LogP contribution in [0.1, 0.15) is 47.1 Å². The van der Waals surface area contributed by atoms with E-state index in [0.717, 1.165) is 9.87 Å². The Morgan fingerprint density at radius 2 is 1.86 bits per heavy atom. The molecule has 3 rings (SSSR count). The van der Waals surface area contributed by atoms with Crippen LogP contribution in [-0.2, 0) is 16.6 Å². The third-order valence-corrected chi connectivity index (χ3v) is 7.02. The van der Waals surface area contributed by atoms with Gasteiger partial charge < -0.3 is 4.90 Å². The molecular weight excluding hydrogens is 400 g/mol. The molecule has 1 aliphatic heterocycles. The summed E-state index contributed by atoms with van der Waals surface area (Å²) in [5.74, 6) is -0.886. The second-order valence-electron chi connectivity index (χ2n) is 6.82. The first kappa shape index (κ1) is 20.4. The lowest BCUT2D eigenvalue weighted by Gasteiger charge is -2.22. The van der Waals surface area contributed by atoms with Crippen LogP contribution < -0.4 is 0 Å². The van der Waals surface area contributed by atoms with Crippen LogP contribution in [0.5, 0.6) is 0 Å². The van der Waals surface area contributed by atoms with Crippen LogP contribution in [0.4, 0.5) is 0 Å². The number of fused-ring (bicyclic) bond motifs is 1. The van der Waals surface area contributed by atoms with E-state index in [4.69, 9.17) is 11.6 Å². The van der Waals surface area contributed by atoms with E-state index in [-0.39, 0.29) is 21.9 Å². The number of amides is 2. The predicted octanol–water partition coefficient (Wildman–Crippen LogP) is 3.56. The fourth-order valence-electron chi connectivity index (χ4n) is 3.23. The normalized spacial score (nSPS) is 15.0. The Kier molecular flexibility index (Phi) is 5.50. The maximum absolute atomic E-state index is 13.0. The highest BCUT2D eigenvalue weighted by atomic mass is 35.5. The van der Waals surface area contributed by atoms with Crippen molar-refractivity contribution in [2.75, 3.05) is 6.54 Å². The molecule has 148 valence electrons. The summed E-state index contributed by atoms with van der Waals surface area (Å²) >= 11 is 6.19. The Balaban J connectivity index is 1.95. The minimum atomic E-state index is -3.96. The van der Waals surface area contributed by atoms with Gasteiger partial charge in [-0.3, -0.25) is 9.59 Å². The molecule has 2 aromatic rings. The molecule has 0 saturated heterocycles. The summed E-state index contributed by atoms with van der Waals surface area (Å²) < 4.78 is 26.4. The lowest BCUT2D eigenvalue weighted by Crippen LogP contribution is -2.36. The van der Waals surface area contributed by atoms with Crippen LogP contribution in [0.3, 0.4) is 0 Å². The SMILES string of the molecule is CCN(Cc1ccccc1Cl)C(=O)c1ccc2c(c1)S(=O)(=O)N(C(C)C)C2=O. The molecular formula is C20H21ClN2O4S. The van der Waals surface area contributed by atoms with E-state index in [1.54, 1.807) is 24.8 Å². The number of nitrogens with zero attached hydrogens (tertiary/aromatic N) is 2. The zero-order valence-corrected chi connectivity index (χ0v) is 17.4. The molecule has 0 spiro atoms. The van der Waals surface area contributed by atoms with E-state index in [2.05, 4.69) is 0 Å². The van der Waals surface area contributed by atoms with E-state index < -0.39 is 22.0 Å². The van der Waals surface area contributed by atoms with E-state index >= 15 is 0 Å². The number of sulfonamides is 1. The lowest BCUT2D eigenvalue weighted by atomic mass is 10.1. The van der Waals surface area contributed by atoms with Crippen molar-refractivity contribution in [2.24, 2.45) is 0 Å². The van der Waals surface area contributed by atoms with Gasteiger partial charge in [0, 0.05) is 29.7 Å². The van der Waals surface area contributed by atoms with Crippen LogP contribution in [0.15, 0.2) is 47.4 Å². The summed E-state index contributed by atoms with van der Waals surface area (Å²) in [6.45, 7) is 5.83. The summed E-state index contributed by atoms with van der Waals surface area (Å²) in [6.07, 6.45) is 0. The van der Waals surface area contributed by atoms with Gasteiger partial charge in [-0.05, 0) is 50.6 Å². The highest BCUT2D eigenvalue weighted by Crippen LogP contribution is 2.33. The van der Waals surface area contributed by atoms with E-state index in [1.807, 2.05) is 25.1 Å². The first-order valence-corrected chi connectivity index (χ1v) is 10.8. The fraction of sp³-hybridized carbons (Fsp3) is 0.300. The Morgan fingerprint density at radius 3 is 2.46 bits per heavy atom. The van der Waals surface area contributed by atoms with Crippen molar-refractivity contribution in [1.29, 1.82) is 0 Å². The molecule has 0 unspecified atom stereocenters. The largest absolute Gasteiger partial charge is 0.335 e. The summed E-state index contributed by atoms with van der Waals surface area (Å²) in [6, 6.07) is 10.9. The molecule has 0 aliphatic carbocycles. The molecule has 1 heterocycles. The van der Waals surface area contributed by atoms with Crippen LogP contribution >= 0.6 is 11.6 Å². The molecule has 0 atom stereocenters. The first-order valence-electron chi connectivity index (χ1n) is 8.94. The van der Waals surface area contributed by atoms with Gasteiger partial charge >= 0.3 is 0 Å². The molecule has 2 aromatic carbocycles. The number of carbonyl (C=O) groups is 2. The lowest BCUT2D eigenvalue weighted by molar-refractivity contribution is 0.0751. The number of rotatable bonds is 5. The van der Waals surface area contributed by atoms with Crippen molar-refractivity contribution in [2.45, 2.75) is 38.3 Å². The summed E-state index contributed by atoms with van der Waals surface area (Å²) in [4.78, 5) is 26.9. The zero-order chi connectivity index (χ0) is 20.6. The van der Waals surface area contributed by atoms with Crippen molar-refractivity contribution in [3.8, 4) is 0 Å². The van der Waals surface area contributed by atoms with Crippen molar-refractivity contribution in [3.05, 3.63) is 64.2 Å². The topological polar surface area (TPSA) is 74.8 Å². The minimum Gasteiger partial charge on any atom is -0.335 e. The Labute approximate surface area is 169 Å². The second-order valence-corrected chi connectivity index (χ2v) is 9.01. The Morgan fingerprint density at radius 1 is 1.18 bits per heavy atom. The van der Waals surface area contributed by atoms with Gasteiger partial charge in [0.1, 0.15) is 4.90 Å². The van der Waals surface area contributed by atoms with Crippen molar-refractivity contribution < 1.29 is 18.0 Å². The van der Waals surface area contributed by atoms with Gasteiger partial charge in [-0.25, -0.2) is 12.7 Å². The Bertz CT molecular complexity index is 1050. The number of hydrogen-bond donors (Lipinski definition) is 0. The van der Waals surface area contributed by atoms with Gasteiger partial charge in [0.2, 0.25) is 0 Å². The predicted molar refractivity (Wildman–Crippen MR) is 107 cm³/mol. The van der Waals surface area contributed by atoms with Crippen LogP contribution in [0.25, 0.3) is 0 Å². The van der Waals surface area contributed by atoms with E-state index in [9.17, 15) is 18.0 Å². The molecule has 8 heteroatoms. The standard InChI is InChI=1S/C20H21ClN2O4S/c1-4-22(12-15-7-5-6-8-17(15)21)19(24)14-9-10-16-18(11-14)28(26,27)23(13(2)3)20(16)25/h5-11,13H,4,12H2,1-3H3. The molecule has 6 nitrogen and oxygen atoms in total. The van der Waals surface area contributed by atoms with Gasteiger partial charge in [0.15, 0.2) is 0 Å². The average Bonchev–Trinajstić information content (AvgIpc) is 2.86. The minimum absolute atomic E-state index is 0.0967. The quantitative estimate of drug-likeness (QED) is 0.741. The second kappa shape index (κ2) is 7.56. The molecule has 0 N–H and O–H groups in total. The maximum Gasteiger partial charge on any atom is 0.269 e. The third-order valence-electron chi connectivity index (χ3n) is 4.65. The summed E-state index contributed by atoms with van der Waals surface area (Å²) in [5, 5.41) is 0.559. The monoisotopic (exact) mass is 420 g/mol.